The van der Waals surface area contributed by atoms with Crippen LogP contribution in [0.4, 0.5) is 17.3 Å². The van der Waals surface area contributed by atoms with Gasteiger partial charge in [-0.05, 0) is 12.8 Å². The van der Waals surface area contributed by atoms with Crippen LogP contribution in [0.3, 0.4) is 0 Å². The molecule has 0 radical (unpaired) electrons. The summed E-state index contributed by atoms with van der Waals surface area (Å²) in [6.07, 6.45) is 4.14. The van der Waals surface area contributed by atoms with Crippen LogP contribution in [0.5, 0.6) is 0 Å². The Morgan fingerprint density at radius 2 is 2.10 bits per heavy atom. The maximum absolute atomic E-state index is 10.9. The summed E-state index contributed by atoms with van der Waals surface area (Å²) in [5.41, 5.74) is 0.00297. The Bertz CT molecular complexity index is 481. The molecule has 1 aromatic heterocycles. The molecule has 3 N–H and O–H groups in total. The van der Waals surface area contributed by atoms with Crippen LogP contribution in [0.25, 0.3) is 0 Å². The molecule has 2 atom stereocenters. The number of aromatic nitrogens is 1. The van der Waals surface area contributed by atoms with Gasteiger partial charge in [0.15, 0.2) is 0 Å². The molecule has 1 heterocycles. The number of nitrogens with zero attached hydrogens (tertiary/aromatic N) is 2. The molecule has 7 nitrogen and oxygen atoms in total. The Labute approximate surface area is 117 Å². The lowest BCUT2D eigenvalue weighted by Gasteiger charge is -2.31. The Balaban J connectivity index is 2.18. The minimum absolute atomic E-state index is 0.00297. The maximum atomic E-state index is 10.9. The highest BCUT2D eigenvalue weighted by Gasteiger charge is 2.25. The van der Waals surface area contributed by atoms with Gasteiger partial charge in [-0.25, -0.2) is 4.98 Å². The van der Waals surface area contributed by atoms with Crippen LogP contribution in [0, 0.1) is 16.0 Å². The van der Waals surface area contributed by atoms with Crippen molar-refractivity contribution in [2.24, 2.45) is 5.92 Å². The van der Waals surface area contributed by atoms with E-state index in [2.05, 4.69) is 15.6 Å². The molecule has 7 heteroatoms. The van der Waals surface area contributed by atoms with Crippen LogP contribution in [-0.4, -0.2) is 34.7 Å². The summed E-state index contributed by atoms with van der Waals surface area (Å²) in [5, 5.41) is 26.4. The highest BCUT2D eigenvalue weighted by atomic mass is 16.6. The molecule has 0 aliphatic heterocycles. The monoisotopic (exact) mass is 280 g/mol. The van der Waals surface area contributed by atoms with Crippen molar-refractivity contribution in [3.63, 3.8) is 0 Å². The zero-order valence-electron chi connectivity index (χ0n) is 11.5. The van der Waals surface area contributed by atoms with Crippen LogP contribution < -0.4 is 10.6 Å². The van der Waals surface area contributed by atoms with Gasteiger partial charge >= 0.3 is 0 Å². The van der Waals surface area contributed by atoms with Crippen molar-refractivity contribution in [1.82, 2.24) is 4.98 Å². The van der Waals surface area contributed by atoms with E-state index in [1.54, 1.807) is 7.05 Å². The lowest BCUT2D eigenvalue weighted by molar-refractivity contribution is -0.384. The van der Waals surface area contributed by atoms with Crippen molar-refractivity contribution in [2.75, 3.05) is 24.3 Å². The van der Waals surface area contributed by atoms with Gasteiger partial charge in [0.2, 0.25) is 0 Å². The number of aliphatic hydroxyl groups is 1. The third-order valence-corrected chi connectivity index (χ3v) is 3.75. The second-order valence-electron chi connectivity index (χ2n) is 5.08. The SMILES string of the molecule is CNc1cc([N+](=O)[O-])cc(NC2CCCCC2CO)n1. The fourth-order valence-corrected chi connectivity index (χ4v) is 2.63. The van der Waals surface area contributed by atoms with Crippen molar-refractivity contribution in [3.8, 4) is 0 Å². The summed E-state index contributed by atoms with van der Waals surface area (Å²) in [7, 11) is 1.67. The fraction of sp³-hybridized carbons (Fsp3) is 0.615. The van der Waals surface area contributed by atoms with E-state index in [4.69, 9.17) is 0 Å². The van der Waals surface area contributed by atoms with Crippen molar-refractivity contribution in [3.05, 3.63) is 22.2 Å². The standard InChI is InChI=1S/C13H20N4O3/c1-14-12-6-10(17(19)20)7-13(16-12)15-11-5-3-2-4-9(11)8-18/h6-7,9,11,18H,2-5,8H2,1H3,(H2,14,15,16). The van der Waals surface area contributed by atoms with E-state index in [1.807, 2.05) is 0 Å². The van der Waals surface area contributed by atoms with Crippen molar-refractivity contribution in [1.29, 1.82) is 0 Å². The molecular formula is C13H20N4O3. The van der Waals surface area contributed by atoms with Gasteiger partial charge in [-0.2, -0.15) is 0 Å². The first-order chi connectivity index (χ1) is 9.63. The molecule has 1 fully saturated rings. The minimum Gasteiger partial charge on any atom is -0.396 e. The molecular weight excluding hydrogens is 260 g/mol. The zero-order chi connectivity index (χ0) is 14.5. The predicted molar refractivity (Wildman–Crippen MR) is 76.9 cm³/mol. The molecule has 0 saturated heterocycles. The third kappa shape index (κ3) is 3.36. The highest BCUT2D eigenvalue weighted by Crippen LogP contribution is 2.28. The number of pyridine rings is 1. The molecule has 2 rings (SSSR count). The van der Waals surface area contributed by atoms with E-state index in [9.17, 15) is 15.2 Å². The fourth-order valence-electron chi connectivity index (χ4n) is 2.63. The average molecular weight is 280 g/mol. The topological polar surface area (TPSA) is 100 Å². The summed E-state index contributed by atoms with van der Waals surface area (Å²) in [6, 6.07) is 2.95. The number of nitro groups is 1. The molecule has 0 bridgehead atoms. The van der Waals surface area contributed by atoms with Gasteiger partial charge in [0, 0.05) is 25.6 Å². The van der Waals surface area contributed by atoms with Crippen LogP contribution in [0.2, 0.25) is 0 Å². The van der Waals surface area contributed by atoms with Crippen molar-refractivity contribution in [2.45, 2.75) is 31.7 Å². The first kappa shape index (κ1) is 14.5. The average Bonchev–Trinajstić information content (AvgIpc) is 2.47. The number of rotatable bonds is 5. The summed E-state index contributed by atoms with van der Waals surface area (Å²) >= 11 is 0. The smallest absolute Gasteiger partial charge is 0.276 e. The molecule has 20 heavy (non-hydrogen) atoms. The second kappa shape index (κ2) is 6.51. The molecule has 110 valence electrons. The summed E-state index contributed by atoms with van der Waals surface area (Å²) in [6.45, 7) is 0.130. The van der Waals surface area contributed by atoms with Gasteiger partial charge in [-0.1, -0.05) is 12.8 Å². The van der Waals surface area contributed by atoms with Crippen molar-refractivity contribution < 1.29 is 10.0 Å². The Morgan fingerprint density at radius 3 is 2.75 bits per heavy atom. The number of hydrogen-bond donors (Lipinski definition) is 3. The van der Waals surface area contributed by atoms with E-state index < -0.39 is 4.92 Å². The Kier molecular flexibility index (Phi) is 4.73. The van der Waals surface area contributed by atoms with E-state index in [0.29, 0.717) is 11.6 Å². The lowest BCUT2D eigenvalue weighted by Crippen LogP contribution is -2.34. The number of hydrogen-bond acceptors (Lipinski definition) is 6. The molecule has 1 aliphatic rings. The van der Waals surface area contributed by atoms with Crippen LogP contribution >= 0.6 is 0 Å². The van der Waals surface area contributed by atoms with E-state index in [0.717, 1.165) is 25.7 Å². The maximum Gasteiger partial charge on any atom is 0.276 e. The Hall–Kier alpha value is -1.89. The quantitative estimate of drug-likeness (QED) is 0.563. The second-order valence-corrected chi connectivity index (χ2v) is 5.08. The number of anilines is 2. The number of nitrogens with one attached hydrogen (secondary N) is 2. The Morgan fingerprint density at radius 1 is 1.40 bits per heavy atom. The van der Waals surface area contributed by atoms with E-state index >= 15 is 0 Å². The van der Waals surface area contributed by atoms with E-state index in [1.165, 1.54) is 12.1 Å². The van der Waals surface area contributed by atoms with Crippen LogP contribution in [-0.2, 0) is 0 Å². The third-order valence-electron chi connectivity index (χ3n) is 3.75. The van der Waals surface area contributed by atoms with Gasteiger partial charge in [0.25, 0.3) is 5.69 Å². The molecule has 0 spiro atoms. The lowest BCUT2D eigenvalue weighted by atomic mass is 9.85. The van der Waals surface area contributed by atoms with Gasteiger partial charge in [0.1, 0.15) is 11.6 Å². The normalized spacial score (nSPS) is 22.3. The molecule has 2 unspecified atom stereocenters. The van der Waals surface area contributed by atoms with Gasteiger partial charge < -0.3 is 15.7 Å². The molecule has 1 aromatic rings. The van der Waals surface area contributed by atoms with Crippen LogP contribution in [0.1, 0.15) is 25.7 Å². The molecule has 1 saturated carbocycles. The molecule has 0 aromatic carbocycles. The number of aliphatic hydroxyl groups excluding tert-OH is 1. The van der Waals surface area contributed by atoms with Gasteiger partial charge in [-0.15, -0.1) is 0 Å². The predicted octanol–water partition coefficient (Wildman–Crippen LogP) is 1.99. The summed E-state index contributed by atoms with van der Waals surface area (Å²) in [4.78, 5) is 14.8. The first-order valence-electron chi connectivity index (χ1n) is 6.85. The van der Waals surface area contributed by atoms with Crippen LogP contribution in [0.15, 0.2) is 12.1 Å². The first-order valence-corrected chi connectivity index (χ1v) is 6.85. The van der Waals surface area contributed by atoms with Gasteiger partial charge in [-0.3, -0.25) is 10.1 Å². The molecule has 0 amide bonds. The van der Waals surface area contributed by atoms with Gasteiger partial charge in [0.05, 0.1) is 17.1 Å². The summed E-state index contributed by atoms with van der Waals surface area (Å²) in [5.74, 6) is 1.12. The minimum atomic E-state index is -0.432. The largest absolute Gasteiger partial charge is 0.396 e. The zero-order valence-corrected chi connectivity index (χ0v) is 11.5. The highest BCUT2D eigenvalue weighted by molar-refractivity contribution is 5.54. The summed E-state index contributed by atoms with van der Waals surface area (Å²) < 4.78 is 0. The van der Waals surface area contributed by atoms with Crippen molar-refractivity contribution >= 4 is 17.3 Å². The molecule has 1 aliphatic carbocycles. The van der Waals surface area contributed by atoms with E-state index in [-0.39, 0.29) is 24.3 Å².